The van der Waals surface area contributed by atoms with E-state index in [2.05, 4.69) is 11.4 Å². The maximum absolute atomic E-state index is 6.02. The van der Waals surface area contributed by atoms with Crippen LogP contribution >= 0.6 is 11.6 Å². The van der Waals surface area contributed by atoms with E-state index in [1.807, 2.05) is 54.6 Å². The molecule has 0 atom stereocenters. The molecule has 0 radical (unpaired) electrons. The van der Waals surface area contributed by atoms with Crippen LogP contribution in [0.3, 0.4) is 0 Å². The molecule has 3 nitrogen and oxygen atoms in total. The van der Waals surface area contributed by atoms with Crippen LogP contribution in [0.5, 0.6) is 5.75 Å². The molecule has 0 bridgehead atoms. The molecule has 0 aliphatic rings. The van der Waals surface area contributed by atoms with Crippen molar-refractivity contribution in [1.29, 1.82) is 0 Å². The van der Waals surface area contributed by atoms with E-state index in [4.69, 9.17) is 20.8 Å². The monoisotopic (exact) mass is 341 g/mol. The number of halogens is 1. The highest BCUT2D eigenvalue weighted by atomic mass is 35.5. The van der Waals surface area contributed by atoms with E-state index in [9.17, 15) is 0 Å². The minimum atomic E-state index is 0.690. The first-order chi connectivity index (χ1) is 11.8. The van der Waals surface area contributed by atoms with Crippen LogP contribution in [0.4, 0.5) is 0 Å². The SMILES string of the molecule is COc1ccccc1CCNCc1ccc(-c2cccc(Cl)c2)o1. The number of hydrogen-bond donors (Lipinski definition) is 1. The van der Waals surface area contributed by atoms with Crippen molar-refractivity contribution in [3.8, 4) is 17.1 Å². The van der Waals surface area contributed by atoms with Gasteiger partial charge in [-0.25, -0.2) is 0 Å². The molecule has 0 fully saturated rings. The first-order valence-corrected chi connectivity index (χ1v) is 8.31. The van der Waals surface area contributed by atoms with Crippen molar-refractivity contribution < 1.29 is 9.15 Å². The summed E-state index contributed by atoms with van der Waals surface area (Å²) in [6.07, 6.45) is 0.909. The largest absolute Gasteiger partial charge is 0.496 e. The van der Waals surface area contributed by atoms with Crippen LogP contribution in [0.15, 0.2) is 65.1 Å². The molecule has 0 amide bonds. The maximum Gasteiger partial charge on any atom is 0.134 e. The van der Waals surface area contributed by atoms with Gasteiger partial charge in [0.05, 0.1) is 13.7 Å². The van der Waals surface area contributed by atoms with Crippen LogP contribution in [0.1, 0.15) is 11.3 Å². The Balaban J connectivity index is 1.53. The molecular weight excluding hydrogens is 322 g/mol. The normalized spacial score (nSPS) is 10.8. The molecule has 0 spiro atoms. The molecule has 3 aromatic rings. The first kappa shape index (κ1) is 16.6. The zero-order valence-corrected chi connectivity index (χ0v) is 14.3. The Labute approximate surface area is 147 Å². The number of para-hydroxylation sites is 1. The van der Waals surface area contributed by atoms with Gasteiger partial charge < -0.3 is 14.5 Å². The maximum atomic E-state index is 6.02. The molecular formula is C20H20ClNO2. The fourth-order valence-corrected chi connectivity index (χ4v) is 2.80. The lowest BCUT2D eigenvalue weighted by atomic mass is 10.1. The van der Waals surface area contributed by atoms with Crippen molar-refractivity contribution in [3.05, 3.63) is 77.0 Å². The van der Waals surface area contributed by atoms with E-state index in [1.54, 1.807) is 7.11 Å². The number of nitrogens with one attached hydrogen (secondary N) is 1. The molecule has 0 saturated heterocycles. The molecule has 1 heterocycles. The van der Waals surface area contributed by atoms with Gasteiger partial charge in [0.15, 0.2) is 0 Å². The summed E-state index contributed by atoms with van der Waals surface area (Å²) in [5.41, 5.74) is 2.19. The van der Waals surface area contributed by atoms with Gasteiger partial charge in [-0.05, 0) is 48.9 Å². The average molecular weight is 342 g/mol. The number of benzene rings is 2. The second-order valence-electron chi connectivity index (χ2n) is 5.51. The van der Waals surface area contributed by atoms with Gasteiger partial charge in [0.2, 0.25) is 0 Å². The Hall–Kier alpha value is -2.23. The summed E-state index contributed by atoms with van der Waals surface area (Å²) < 4.78 is 11.2. The summed E-state index contributed by atoms with van der Waals surface area (Å²) >= 11 is 6.02. The molecule has 0 aliphatic carbocycles. The number of methoxy groups -OCH3 is 1. The minimum Gasteiger partial charge on any atom is -0.496 e. The van der Waals surface area contributed by atoms with Crippen molar-refractivity contribution in [2.45, 2.75) is 13.0 Å². The van der Waals surface area contributed by atoms with Gasteiger partial charge in [-0.2, -0.15) is 0 Å². The topological polar surface area (TPSA) is 34.4 Å². The number of ether oxygens (including phenoxy) is 1. The van der Waals surface area contributed by atoms with Gasteiger partial charge in [0.25, 0.3) is 0 Å². The molecule has 4 heteroatoms. The molecule has 3 rings (SSSR count). The van der Waals surface area contributed by atoms with Crippen molar-refractivity contribution in [1.82, 2.24) is 5.32 Å². The van der Waals surface area contributed by atoms with Crippen LogP contribution in [0, 0.1) is 0 Å². The smallest absolute Gasteiger partial charge is 0.134 e. The van der Waals surface area contributed by atoms with E-state index in [0.717, 1.165) is 35.8 Å². The first-order valence-electron chi connectivity index (χ1n) is 7.93. The summed E-state index contributed by atoms with van der Waals surface area (Å²) in [6.45, 7) is 1.54. The predicted molar refractivity (Wildman–Crippen MR) is 97.6 cm³/mol. The van der Waals surface area contributed by atoms with Crippen LogP contribution < -0.4 is 10.1 Å². The van der Waals surface area contributed by atoms with Crippen LogP contribution in [-0.4, -0.2) is 13.7 Å². The van der Waals surface area contributed by atoms with Crippen LogP contribution in [0.25, 0.3) is 11.3 Å². The van der Waals surface area contributed by atoms with Gasteiger partial charge in [-0.15, -0.1) is 0 Å². The van der Waals surface area contributed by atoms with Gasteiger partial charge in [-0.3, -0.25) is 0 Å². The van der Waals surface area contributed by atoms with Crippen molar-refractivity contribution in [2.75, 3.05) is 13.7 Å². The second-order valence-corrected chi connectivity index (χ2v) is 5.95. The Kier molecular flexibility index (Phi) is 5.57. The van der Waals surface area contributed by atoms with Crippen molar-refractivity contribution in [2.24, 2.45) is 0 Å². The Bertz CT molecular complexity index is 798. The predicted octanol–water partition coefficient (Wildman–Crippen LogP) is 4.94. The molecule has 124 valence electrons. The number of hydrogen-bond acceptors (Lipinski definition) is 3. The summed E-state index contributed by atoms with van der Waals surface area (Å²) in [6, 6.07) is 19.7. The zero-order valence-electron chi connectivity index (χ0n) is 13.6. The van der Waals surface area contributed by atoms with Crippen molar-refractivity contribution >= 4 is 11.6 Å². The molecule has 0 saturated carbocycles. The summed E-state index contributed by atoms with van der Waals surface area (Å²) in [7, 11) is 1.70. The molecule has 0 aliphatic heterocycles. The third-order valence-electron chi connectivity index (χ3n) is 3.83. The highest BCUT2D eigenvalue weighted by molar-refractivity contribution is 6.30. The van der Waals surface area contributed by atoms with Gasteiger partial charge in [-0.1, -0.05) is 41.9 Å². The van der Waals surface area contributed by atoms with E-state index < -0.39 is 0 Å². The van der Waals surface area contributed by atoms with E-state index >= 15 is 0 Å². The zero-order chi connectivity index (χ0) is 16.8. The molecule has 2 aromatic carbocycles. The lowest BCUT2D eigenvalue weighted by Crippen LogP contribution is -2.16. The average Bonchev–Trinajstić information content (AvgIpc) is 3.08. The summed E-state index contributed by atoms with van der Waals surface area (Å²) in [5.74, 6) is 2.67. The van der Waals surface area contributed by atoms with Crippen molar-refractivity contribution in [3.63, 3.8) is 0 Å². The third kappa shape index (κ3) is 4.19. The minimum absolute atomic E-state index is 0.690. The summed E-state index contributed by atoms with van der Waals surface area (Å²) in [5, 5.41) is 4.11. The van der Waals surface area contributed by atoms with E-state index in [0.29, 0.717) is 11.6 Å². The highest BCUT2D eigenvalue weighted by Gasteiger charge is 2.06. The second kappa shape index (κ2) is 8.04. The Morgan fingerprint density at radius 3 is 2.75 bits per heavy atom. The van der Waals surface area contributed by atoms with E-state index in [1.165, 1.54) is 5.56 Å². The lowest BCUT2D eigenvalue weighted by Gasteiger charge is -2.08. The molecule has 1 aromatic heterocycles. The highest BCUT2D eigenvalue weighted by Crippen LogP contribution is 2.24. The Morgan fingerprint density at radius 1 is 1.04 bits per heavy atom. The Morgan fingerprint density at radius 2 is 1.92 bits per heavy atom. The number of furan rings is 1. The quantitative estimate of drug-likeness (QED) is 0.618. The third-order valence-corrected chi connectivity index (χ3v) is 4.07. The van der Waals surface area contributed by atoms with Gasteiger partial charge >= 0.3 is 0 Å². The van der Waals surface area contributed by atoms with E-state index in [-0.39, 0.29) is 0 Å². The molecule has 1 N–H and O–H groups in total. The van der Waals surface area contributed by atoms with Gasteiger partial charge in [0, 0.05) is 10.6 Å². The molecule has 24 heavy (non-hydrogen) atoms. The van der Waals surface area contributed by atoms with Crippen LogP contribution in [-0.2, 0) is 13.0 Å². The fraction of sp³-hybridized carbons (Fsp3) is 0.200. The fourth-order valence-electron chi connectivity index (χ4n) is 2.61. The lowest BCUT2D eigenvalue weighted by molar-refractivity contribution is 0.408. The van der Waals surface area contributed by atoms with Crippen LogP contribution in [0.2, 0.25) is 5.02 Å². The summed E-state index contributed by atoms with van der Waals surface area (Å²) in [4.78, 5) is 0. The van der Waals surface area contributed by atoms with Gasteiger partial charge in [0.1, 0.15) is 17.3 Å². The molecule has 0 unspecified atom stereocenters. The standard InChI is InChI=1S/C20H20ClNO2/c1-23-19-8-3-2-5-15(19)11-12-22-14-18-9-10-20(24-18)16-6-4-7-17(21)13-16/h2-10,13,22H,11-12,14H2,1H3. The number of rotatable bonds is 7.